The molecule has 1 aliphatic heterocycles. The lowest BCUT2D eigenvalue weighted by atomic mass is 10.1. The molecule has 0 spiro atoms. The van der Waals surface area contributed by atoms with E-state index in [9.17, 15) is 0 Å². The molecule has 152 valence electrons. The van der Waals surface area contributed by atoms with Gasteiger partial charge >= 0.3 is 8.56 Å². The van der Waals surface area contributed by atoms with Gasteiger partial charge in [0, 0.05) is 27.0 Å². The number of rotatable bonds is 8. The smallest absolute Gasteiger partial charge is 0.371 e. The van der Waals surface area contributed by atoms with Gasteiger partial charge in [0.25, 0.3) is 0 Å². The third-order valence-electron chi connectivity index (χ3n) is 6.19. The van der Waals surface area contributed by atoms with Crippen LogP contribution in [0.15, 0.2) is 60.7 Å². The summed E-state index contributed by atoms with van der Waals surface area (Å²) >= 11 is 0. The molecule has 0 N–H and O–H groups in total. The number of methoxy groups -OCH3 is 1. The van der Waals surface area contributed by atoms with Crippen molar-refractivity contribution >= 4 is 27.1 Å². The van der Waals surface area contributed by atoms with E-state index in [1.54, 1.807) is 0 Å². The van der Waals surface area contributed by atoms with Gasteiger partial charge in [-0.05, 0) is 37.4 Å². The van der Waals surface area contributed by atoms with E-state index >= 15 is 0 Å². The Balaban J connectivity index is 2.19. The summed E-state index contributed by atoms with van der Waals surface area (Å²) < 4.78 is 19.0. The second-order valence-corrected chi connectivity index (χ2v) is 13.5. The minimum atomic E-state index is -2.53. The number of hydrogen-bond acceptors (Lipinski definition) is 3. The molecular weight excluding hydrogens is 383 g/mol. The number of ether oxygens (including phenoxy) is 1. The zero-order valence-electron chi connectivity index (χ0n) is 17.6. The molecule has 2 atom stereocenters. The largest absolute Gasteiger partial charge is 0.396 e. The van der Waals surface area contributed by atoms with Crippen molar-refractivity contribution in [3.05, 3.63) is 60.7 Å². The van der Waals surface area contributed by atoms with Gasteiger partial charge in [-0.2, -0.15) is 0 Å². The Morgan fingerprint density at radius 1 is 0.929 bits per heavy atom. The summed E-state index contributed by atoms with van der Waals surface area (Å²) in [5.74, 6) is 0. The zero-order valence-corrected chi connectivity index (χ0v) is 19.5. The first-order valence-corrected chi connectivity index (χ1v) is 13.7. The molecule has 2 aromatic rings. The molecule has 1 fully saturated rings. The average Bonchev–Trinajstić information content (AvgIpc) is 2.76. The summed E-state index contributed by atoms with van der Waals surface area (Å²) in [4.78, 5) is 0. The molecule has 0 aliphatic carbocycles. The molecule has 1 saturated heterocycles. The van der Waals surface area contributed by atoms with E-state index in [2.05, 4.69) is 67.6 Å². The van der Waals surface area contributed by atoms with Crippen LogP contribution >= 0.6 is 7.92 Å². The highest BCUT2D eigenvalue weighted by molar-refractivity contribution is 7.73. The third kappa shape index (κ3) is 3.73. The van der Waals surface area contributed by atoms with Crippen LogP contribution in [0.25, 0.3) is 0 Å². The minimum absolute atomic E-state index is 0.346. The summed E-state index contributed by atoms with van der Waals surface area (Å²) in [6, 6.07) is 22.9. The minimum Gasteiger partial charge on any atom is -0.396 e. The maximum Gasteiger partial charge on any atom is 0.371 e. The van der Waals surface area contributed by atoms with E-state index in [1.165, 1.54) is 10.6 Å². The first-order valence-electron chi connectivity index (χ1n) is 10.2. The van der Waals surface area contributed by atoms with Gasteiger partial charge in [-0.1, -0.05) is 80.4 Å². The lowest BCUT2D eigenvalue weighted by Crippen LogP contribution is -2.70. The van der Waals surface area contributed by atoms with Crippen LogP contribution in [0.5, 0.6) is 0 Å². The van der Waals surface area contributed by atoms with Gasteiger partial charge in [-0.15, -0.1) is 0 Å². The van der Waals surface area contributed by atoms with Crippen LogP contribution in [0.1, 0.15) is 32.6 Å². The molecule has 5 heteroatoms. The van der Waals surface area contributed by atoms with E-state index in [4.69, 9.17) is 13.6 Å². The summed E-state index contributed by atoms with van der Waals surface area (Å²) in [6.45, 7) is 2.24. The molecule has 1 aliphatic rings. The van der Waals surface area contributed by atoms with Crippen molar-refractivity contribution in [2.24, 2.45) is 0 Å². The first kappa shape index (κ1) is 21.7. The standard InChI is InChI=1S/C23H33O3PSi/c1-5-18-23(24-2)22(17-12-19-28(23,25-3)26-4)27(20-13-8-6-9-14-20)21-15-10-7-11-16-21/h6-11,13-16,22H,5,12,17-19H2,1-4H3. The molecule has 0 aromatic heterocycles. The summed E-state index contributed by atoms with van der Waals surface area (Å²) in [5, 5.41) is 2.47. The van der Waals surface area contributed by atoms with Crippen LogP contribution in [0.2, 0.25) is 6.04 Å². The highest BCUT2D eigenvalue weighted by Crippen LogP contribution is 2.56. The molecule has 0 radical (unpaired) electrons. The normalized spacial score (nSPS) is 24.4. The molecule has 0 bridgehead atoms. The SMILES string of the molecule is CCCC1(OC)C(P(c2ccccc2)c2ccccc2)CCC[Si]1(OC)OC. The topological polar surface area (TPSA) is 27.7 Å². The molecule has 2 aromatic carbocycles. The fraction of sp³-hybridized carbons (Fsp3) is 0.478. The van der Waals surface area contributed by atoms with Gasteiger partial charge in [0.05, 0.1) is 0 Å². The Hall–Kier alpha value is -1.03. The van der Waals surface area contributed by atoms with E-state index in [1.807, 2.05) is 21.3 Å². The maximum absolute atomic E-state index is 6.48. The summed E-state index contributed by atoms with van der Waals surface area (Å²) in [6.07, 6.45) is 4.30. The van der Waals surface area contributed by atoms with Gasteiger partial charge in [0.2, 0.25) is 0 Å². The third-order valence-corrected chi connectivity index (χ3v) is 13.9. The summed E-state index contributed by atoms with van der Waals surface area (Å²) in [7, 11) is 2.41. The quantitative estimate of drug-likeness (QED) is 0.459. The van der Waals surface area contributed by atoms with Crippen LogP contribution in [-0.4, -0.2) is 40.8 Å². The van der Waals surface area contributed by atoms with E-state index in [-0.39, 0.29) is 5.22 Å². The Morgan fingerprint density at radius 3 is 1.89 bits per heavy atom. The van der Waals surface area contributed by atoms with Crippen molar-refractivity contribution in [2.75, 3.05) is 21.3 Å². The molecular formula is C23H33O3PSi. The Bertz CT molecular complexity index is 684. The molecule has 0 saturated carbocycles. The number of hydrogen-bond donors (Lipinski definition) is 0. The van der Waals surface area contributed by atoms with Crippen molar-refractivity contribution in [1.29, 1.82) is 0 Å². The Morgan fingerprint density at radius 2 is 1.46 bits per heavy atom. The molecule has 2 unspecified atom stereocenters. The maximum atomic E-state index is 6.48. The number of benzene rings is 2. The molecule has 0 amide bonds. The van der Waals surface area contributed by atoms with Crippen LogP contribution in [-0.2, 0) is 13.6 Å². The van der Waals surface area contributed by atoms with Gasteiger partial charge in [0.15, 0.2) is 0 Å². The Kier molecular flexibility index (Phi) is 7.46. The molecule has 3 rings (SSSR count). The van der Waals surface area contributed by atoms with Crippen molar-refractivity contribution in [2.45, 2.75) is 49.5 Å². The fourth-order valence-corrected chi connectivity index (χ4v) is 13.0. The van der Waals surface area contributed by atoms with Gasteiger partial charge < -0.3 is 13.6 Å². The van der Waals surface area contributed by atoms with Crippen molar-refractivity contribution in [3.8, 4) is 0 Å². The highest BCUT2D eigenvalue weighted by atomic mass is 31.1. The predicted molar refractivity (Wildman–Crippen MR) is 121 cm³/mol. The van der Waals surface area contributed by atoms with Crippen molar-refractivity contribution in [3.63, 3.8) is 0 Å². The highest BCUT2D eigenvalue weighted by Gasteiger charge is 2.64. The van der Waals surface area contributed by atoms with Gasteiger partial charge in [-0.25, -0.2) is 0 Å². The zero-order chi connectivity index (χ0) is 20.0. The monoisotopic (exact) mass is 416 g/mol. The predicted octanol–water partition coefficient (Wildman–Crippen LogP) is 4.74. The lowest BCUT2D eigenvalue weighted by molar-refractivity contribution is -0.0110. The summed E-state index contributed by atoms with van der Waals surface area (Å²) in [5.41, 5.74) is 0.373. The Labute approximate surface area is 172 Å². The van der Waals surface area contributed by atoms with Crippen LogP contribution < -0.4 is 10.6 Å². The van der Waals surface area contributed by atoms with Crippen LogP contribution in [0.4, 0.5) is 0 Å². The van der Waals surface area contributed by atoms with E-state index in [0.29, 0.717) is 5.66 Å². The van der Waals surface area contributed by atoms with E-state index < -0.39 is 16.5 Å². The van der Waals surface area contributed by atoms with Gasteiger partial charge in [0.1, 0.15) is 5.22 Å². The molecule has 3 nitrogen and oxygen atoms in total. The van der Waals surface area contributed by atoms with Gasteiger partial charge in [-0.3, -0.25) is 0 Å². The second-order valence-electron chi connectivity index (χ2n) is 7.45. The molecule has 1 heterocycles. The second kappa shape index (κ2) is 9.64. The van der Waals surface area contributed by atoms with Crippen LogP contribution in [0.3, 0.4) is 0 Å². The molecule has 28 heavy (non-hydrogen) atoms. The average molecular weight is 417 g/mol. The van der Waals surface area contributed by atoms with Crippen molar-refractivity contribution in [1.82, 2.24) is 0 Å². The van der Waals surface area contributed by atoms with Crippen LogP contribution in [0, 0.1) is 0 Å². The fourth-order valence-electron chi connectivity index (χ4n) is 5.01. The van der Waals surface area contributed by atoms with E-state index in [0.717, 1.165) is 31.7 Å². The lowest BCUT2D eigenvalue weighted by Gasteiger charge is -2.54. The van der Waals surface area contributed by atoms with Crippen molar-refractivity contribution < 1.29 is 13.6 Å². The first-order chi connectivity index (χ1) is 13.7.